The summed E-state index contributed by atoms with van der Waals surface area (Å²) < 4.78 is 5.61. The quantitative estimate of drug-likeness (QED) is 0.659. The van der Waals surface area contributed by atoms with E-state index in [1.807, 2.05) is 0 Å². The van der Waals surface area contributed by atoms with Crippen molar-refractivity contribution in [3.8, 4) is 0 Å². The van der Waals surface area contributed by atoms with Crippen LogP contribution in [0.1, 0.15) is 24.0 Å². The van der Waals surface area contributed by atoms with Gasteiger partial charge in [-0.15, -0.1) is 0 Å². The molecule has 21 heavy (non-hydrogen) atoms. The van der Waals surface area contributed by atoms with Crippen LogP contribution in [0.2, 0.25) is 0 Å². The van der Waals surface area contributed by atoms with Gasteiger partial charge < -0.3 is 4.74 Å². The lowest BCUT2D eigenvalue weighted by Crippen LogP contribution is -2.54. The molecule has 1 aromatic heterocycles. The number of hydrogen-bond donors (Lipinski definition) is 2. The molecule has 2 aromatic rings. The molecule has 1 aromatic carbocycles. The Balaban J connectivity index is 1.93. The molecule has 1 unspecified atom stereocenters. The first-order valence-corrected chi connectivity index (χ1v) is 8.40. The summed E-state index contributed by atoms with van der Waals surface area (Å²) in [6.07, 6.45) is 2.97. The van der Waals surface area contributed by atoms with Crippen molar-refractivity contribution in [1.29, 1.82) is 0 Å². The molecule has 3 N–H and O–H groups in total. The number of nitrogens with two attached hydrogens (primary N) is 1. The molecule has 0 amide bonds. The minimum atomic E-state index is 0.0518. The molecule has 112 valence electrons. The number of rotatable bonds is 5. The highest BCUT2D eigenvalue weighted by Gasteiger charge is 2.41. The molecular weight excluding hydrogens is 280 g/mol. The van der Waals surface area contributed by atoms with Crippen LogP contribution in [0.15, 0.2) is 47.2 Å². The van der Waals surface area contributed by atoms with Crippen LogP contribution in [0, 0.1) is 0 Å². The fourth-order valence-corrected chi connectivity index (χ4v) is 4.08. The summed E-state index contributed by atoms with van der Waals surface area (Å²) in [5.41, 5.74) is 5.87. The number of ether oxygens (including phenoxy) is 1. The van der Waals surface area contributed by atoms with Crippen LogP contribution in [0.3, 0.4) is 0 Å². The Hall–Kier alpha value is -1.20. The Bertz CT molecular complexity index is 535. The van der Waals surface area contributed by atoms with Crippen LogP contribution in [-0.4, -0.2) is 19.3 Å². The van der Waals surface area contributed by atoms with Crippen molar-refractivity contribution in [3.63, 3.8) is 0 Å². The lowest BCUT2D eigenvalue weighted by Gasteiger charge is -2.44. The number of nitrogens with one attached hydrogen (secondary N) is 1. The lowest BCUT2D eigenvalue weighted by molar-refractivity contribution is 0.0343. The Kier molecular flexibility index (Phi) is 4.70. The molecule has 0 bridgehead atoms. The number of hydrogen-bond acceptors (Lipinski definition) is 4. The minimum absolute atomic E-state index is 0.0518. The van der Waals surface area contributed by atoms with Gasteiger partial charge in [0.15, 0.2) is 0 Å². The normalized spacial score (nSPS) is 19.3. The zero-order valence-electron chi connectivity index (χ0n) is 12.1. The van der Waals surface area contributed by atoms with E-state index >= 15 is 0 Å². The van der Waals surface area contributed by atoms with E-state index in [1.54, 1.807) is 11.3 Å². The van der Waals surface area contributed by atoms with Crippen molar-refractivity contribution in [2.45, 2.75) is 30.7 Å². The summed E-state index contributed by atoms with van der Waals surface area (Å²) in [4.78, 5) is 0. The molecule has 0 spiro atoms. The fraction of sp³-hybridized carbons (Fsp3) is 0.412. The fourth-order valence-electron chi connectivity index (χ4n) is 3.40. The molecule has 1 atom stereocenters. The summed E-state index contributed by atoms with van der Waals surface area (Å²) in [6.45, 7) is 1.60. The van der Waals surface area contributed by atoms with E-state index in [0.29, 0.717) is 0 Å². The average molecular weight is 302 g/mol. The van der Waals surface area contributed by atoms with Gasteiger partial charge in [-0.25, -0.2) is 0 Å². The topological polar surface area (TPSA) is 47.3 Å². The van der Waals surface area contributed by atoms with E-state index in [9.17, 15) is 0 Å². The van der Waals surface area contributed by atoms with Gasteiger partial charge in [-0.1, -0.05) is 30.3 Å². The van der Waals surface area contributed by atoms with Crippen molar-refractivity contribution in [1.82, 2.24) is 5.43 Å². The first-order chi connectivity index (χ1) is 10.3. The van der Waals surface area contributed by atoms with Gasteiger partial charge in [-0.3, -0.25) is 11.3 Å². The minimum Gasteiger partial charge on any atom is -0.381 e. The highest BCUT2D eigenvalue weighted by Crippen LogP contribution is 2.39. The van der Waals surface area contributed by atoms with E-state index in [-0.39, 0.29) is 11.5 Å². The molecule has 1 saturated heterocycles. The van der Waals surface area contributed by atoms with Gasteiger partial charge in [-0.2, -0.15) is 11.3 Å². The average Bonchev–Trinajstić information content (AvgIpc) is 3.07. The molecule has 3 nitrogen and oxygen atoms in total. The number of benzene rings is 1. The van der Waals surface area contributed by atoms with E-state index in [1.165, 1.54) is 11.1 Å². The second kappa shape index (κ2) is 6.71. The van der Waals surface area contributed by atoms with Crippen molar-refractivity contribution in [2.75, 3.05) is 13.2 Å². The molecule has 1 aliphatic heterocycles. The second-order valence-electron chi connectivity index (χ2n) is 5.69. The van der Waals surface area contributed by atoms with Crippen molar-refractivity contribution >= 4 is 11.3 Å². The maximum atomic E-state index is 5.96. The van der Waals surface area contributed by atoms with Gasteiger partial charge in [0.25, 0.3) is 0 Å². The lowest BCUT2D eigenvalue weighted by atomic mass is 9.67. The number of thiophene rings is 1. The van der Waals surface area contributed by atoms with Gasteiger partial charge in [-0.05, 0) is 47.2 Å². The Labute approximate surface area is 130 Å². The third-order valence-corrected chi connectivity index (χ3v) is 5.35. The predicted octanol–water partition coefficient (Wildman–Crippen LogP) is 2.87. The van der Waals surface area contributed by atoms with Crippen LogP contribution in [0.25, 0.3) is 0 Å². The van der Waals surface area contributed by atoms with E-state index < -0.39 is 0 Å². The highest BCUT2D eigenvalue weighted by molar-refractivity contribution is 7.07. The third kappa shape index (κ3) is 3.04. The number of hydrazine groups is 1. The van der Waals surface area contributed by atoms with Crippen molar-refractivity contribution in [2.24, 2.45) is 5.84 Å². The van der Waals surface area contributed by atoms with Crippen LogP contribution in [-0.2, 0) is 16.6 Å². The van der Waals surface area contributed by atoms with Crippen molar-refractivity contribution < 1.29 is 4.74 Å². The Morgan fingerprint density at radius 1 is 1.19 bits per heavy atom. The molecule has 3 rings (SSSR count). The van der Waals surface area contributed by atoms with Crippen LogP contribution in [0.5, 0.6) is 0 Å². The summed E-state index contributed by atoms with van der Waals surface area (Å²) in [7, 11) is 0. The predicted molar refractivity (Wildman–Crippen MR) is 87.3 cm³/mol. The molecule has 0 saturated carbocycles. The molecule has 4 heteroatoms. The smallest absolute Gasteiger partial charge is 0.0475 e. The van der Waals surface area contributed by atoms with E-state index in [2.05, 4.69) is 52.6 Å². The zero-order chi connectivity index (χ0) is 14.5. The van der Waals surface area contributed by atoms with E-state index in [4.69, 9.17) is 10.6 Å². The van der Waals surface area contributed by atoms with Gasteiger partial charge in [0.2, 0.25) is 0 Å². The van der Waals surface area contributed by atoms with E-state index in [0.717, 1.165) is 32.5 Å². The van der Waals surface area contributed by atoms with Crippen LogP contribution in [0.4, 0.5) is 0 Å². The molecule has 2 heterocycles. The maximum absolute atomic E-state index is 5.96. The summed E-state index contributed by atoms with van der Waals surface area (Å²) in [5, 5.41) is 4.34. The van der Waals surface area contributed by atoms with Crippen LogP contribution < -0.4 is 11.3 Å². The SMILES string of the molecule is NNC(Cc1ccsc1)C1(c2ccccc2)CCOCC1. The third-order valence-electron chi connectivity index (χ3n) is 4.62. The monoisotopic (exact) mass is 302 g/mol. The first kappa shape index (κ1) is 14.7. The largest absolute Gasteiger partial charge is 0.381 e. The first-order valence-electron chi connectivity index (χ1n) is 7.46. The van der Waals surface area contributed by atoms with Gasteiger partial charge in [0, 0.05) is 24.7 Å². The molecule has 0 aliphatic carbocycles. The van der Waals surface area contributed by atoms with Crippen LogP contribution >= 0.6 is 11.3 Å². The summed E-state index contributed by atoms with van der Waals surface area (Å²) in [6, 6.07) is 13.2. The Morgan fingerprint density at radius 2 is 1.95 bits per heavy atom. The maximum Gasteiger partial charge on any atom is 0.0475 e. The zero-order valence-corrected chi connectivity index (χ0v) is 12.9. The molecule has 1 fully saturated rings. The van der Waals surface area contributed by atoms with Crippen molar-refractivity contribution in [3.05, 3.63) is 58.3 Å². The van der Waals surface area contributed by atoms with Gasteiger partial charge in [0.05, 0.1) is 0 Å². The molecular formula is C17H22N2OS. The van der Waals surface area contributed by atoms with Gasteiger partial charge in [0.1, 0.15) is 0 Å². The Morgan fingerprint density at radius 3 is 2.57 bits per heavy atom. The van der Waals surface area contributed by atoms with Gasteiger partial charge >= 0.3 is 0 Å². The summed E-state index contributed by atoms with van der Waals surface area (Å²) >= 11 is 1.74. The standard InChI is InChI=1S/C17H22N2OS/c18-19-16(12-14-6-11-21-13-14)17(7-9-20-10-8-17)15-4-2-1-3-5-15/h1-6,11,13,16,19H,7-10,12,18H2. The summed E-state index contributed by atoms with van der Waals surface area (Å²) in [5.74, 6) is 5.96. The molecule has 0 radical (unpaired) electrons. The highest BCUT2D eigenvalue weighted by atomic mass is 32.1. The second-order valence-corrected chi connectivity index (χ2v) is 6.47. The molecule has 1 aliphatic rings.